The molecule has 2 aromatic rings. The summed E-state index contributed by atoms with van der Waals surface area (Å²) >= 11 is 10.5. The van der Waals surface area contributed by atoms with Crippen LogP contribution in [-0.4, -0.2) is 15.2 Å². The molecule has 0 unspecified atom stereocenters. The van der Waals surface area contributed by atoms with E-state index >= 15 is 0 Å². The number of nitrogens with zero attached hydrogens (tertiary/aromatic N) is 2. The lowest BCUT2D eigenvalue weighted by atomic mass is 10.2. The average molecular weight is 242 g/mol. The van der Waals surface area contributed by atoms with Gasteiger partial charge in [0.15, 0.2) is 0 Å². The van der Waals surface area contributed by atoms with Gasteiger partial charge in [0, 0.05) is 5.56 Å². The zero-order valence-electron chi connectivity index (χ0n) is 7.37. The van der Waals surface area contributed by atoms with Crippen molar-refractivity contribution in [1.82, 2.24) is 15.2 Å². The van der Waals surface area contributed by atoms with Crippen LogP contribution in [-0.2, 0) is 0 Å². The molecule has 1 aromatic heterocycles. The van der Waals surface area contributed by atoms with E-state index in [1.807, 2.05) is 0 Å². The highest BCUT2D eigenvalue weighted by atomic mass is 35.5. The first-order valence-electron chi connectivity index (χ1n) is 4.04. The predicted octanol–water partition coefficient (Wildman–Crippen LogP) is 2.99. The van der Waals surface area contributed by atoms with Crippen LogP contribution in [0.2, 0.25) is 5.02 Å². The Morgan fingerprint density at radius 1 is 1.40 bits per heavy atom. The lowest BCUT2D eigenvalue weighted by molar-refractivity contribution is 0.628. The Kier molecular flexibility index (Phi) is 2.75. The second kappa shape index (κ2) is 4.04. The Balaban J connectivity index is 2.55. The van der Waals surface area contributed by atoms with E-state index in [-0.39, 0.29) is 9.79 Å². The van der Waals surface area contributed by atoms with Gasteiger partial charge in [0.05, 0.1) is 16.9 Å². The van der Waals surface area contributed by atoms with Crippen LogP contribution in [0.3, 0.4) is 0 Å². The van der Waals surface area contributed by atoms with Crippen LogP contribution in [0, 0.1) is 10.6 Å². The van der Waals surface area contributed by atoms with Crippen LogP contribution < -0.4 is 0 Å². The zero-order valence-corrected chi connectivity index (χ0v) is 8.94. The first-order chi connectivity index (χ1) is 7.16. The molecular weight excluding hydrogens is 237 g/mol. The largest absolute Gasteiger partial charge is 0.252 e. The Bertz CT molecular complexity index is 555. The average Bonchev–Trinajstić information content (AvgIpc) is 2.22. The molecule has 0 atom stereocenters. The lowest BCUT2D eigenvalue weighted by Crippen LogP contribution is -1.90. The fourth-order valence-corrected chi connectivity index (χ4v) is 1.44. The van der Waals surface area contributed by atoms with Gasteiger partial charge in [-0.1, -0.05) is 11.6 Å². The summed E-state index contributed by atoms with van der Waals surface area (Å²) in [6.07, 6.45) is 1.50. The maximum Gasteiger partial charge on any atom is 0.214 e. The number of rotatable bonds is 1. The van der Waals surface area contributed by atoms with Crippen molar-refractivity contribution in [2.75, 3.05) is 0 Å². The first-order valence-corrected chi connectivity index (χ1v) is 4.82. The minimum atomic E-state index is -0.463. The number of hydrogen-bond acceptors (Lipinski definition) is 3. The second-order valence-corrected chi connectivity index (χ2v) is 3.59. The van der Waals surface area contributed by atoms with Crippen LogP contribution >= 0.6 is 23.8 Å². The van der Waals surface area contributed by atoms with Gasteiger partial charge in [-0.3, -0.25) is 5.10 Å². The molecule has 15 heavy (non-hydrogen) atoms. The Hall–Kier alpha value is -1.33. The van der Waals surface area contributed by atoms with Crippen LogP contribution in [0.4, 0.5) is 4.39 Å². The minimum Gasteiger partial charge on any atom is -0.252 e. The van der Waals surface area contributed by atoms with Crippen molar-refractivity contribution in [3.05, 3.63) is 40.0 Å². The normalized spacial score (nSPS) is 10.3. The highest BCUT2D eigenvalue weighted by molar-refractivity contribution is 7.71. The number of aromatic nitrogens is 3. The van der Waals surface area contributed by atoms with E-state index in [9.17, 15) is 4.39 Å². The molecular formula is C9H5ClFN3S. The van der Waals surface area contributed by atoms with E-state index in [4.69, 9.17) is 23.8 Å². The Morgan fingerprint density at radius 3 is 2.87 bits per heavy atom. The molecule has 3 nitrogen and oxygen atoms in total. The van der Waals surface area contributed by atoms with Gasteiger partial charge in [-0.2, -0.15) is 5.10 Å². The standard InChI is InChI=1S/C9H5ClFN3S/c10-6-3-5(1-2-7(6)11)8-4-12-14-9(15)13-8/h1-4H,(H,13,14,15). The molecule has 2 rings (SSSR count). The van der Waals surface area contributed by atoms with Crippen molar-refractivity contribution in [1.29, 1.82) is 0 Å². The summed E-state index contributed by atoms with van der Waals surface area (Å²) in [5.74, 6) is -0.463. The molecule has 0 amide bonds. The van der Waals surface area contributed by atoms with E-state index in [0.717, 1.165) is 0 Å². The summed E-state index contributed by atoms with van der Waals surface area (Å²) in [4.78, 5) is 4.03. The summed E-state index contributed by atoms with van der Waals surface area (Å²) < 4.78 is 13.2. The van der Waals surface area contributed by atoms with Crippen molar-refractivity contribution >= 4 is 23.8 Å². The van der Waals surface area contributed by atoms with Gasteiger partial charge in [-0.25, -0.2) is 9.37 Å². The summed E-state index contributed by atoms with van der Waals surface area (Å²) in [6.45, 7) is 0. The van der Waals surface area contributed by atoms with Gasteiger partial charge in [0.25, 0.3) is 0 Å². The van der Waals surface area contributed by atoms with E-state index in [0.29, 0.717) is 11.3 Å². The monoisotopic (exact) mass is 241 g/mol. The number of nitrogens with one attached hydrogen (secondary N) is 1. The Labute approximate surface area is 94.9 Å². The number of aromatic amines is 1. The molecule has 0 aliphatic heterocycles. The van der Waals surface area contributed by atoms with Crippen LogP contribution in [0.25, 0.3) is 11.3 Å². The van der Waals surface area contributed by atoms with Crippen molar-refractivity contribution in [2.24, 2.45) is 0 Å². The molecule has 76 valence electrons. The molecule has 0 fully saturated rings. The molecule has 0 aliphatic rings. The highest BCUT2D eigenvalue weighted by Crippen LogP contribution is 2.22. The predicted molar refractivity (Wildman–Crippen MR) is 57.6 cm³/mol. The Morgan fingerprint density at radius 2 is 2.20 bits per heavy atom. The number of benzene rings is 1. The maximum absolute atomic E-state index is 12.9. The number of H-pyrrole nitrogens is 1. The van der Waals surface area contributed by atoms with E-state index < -0.39 is 5.82 Å². The maximum atomic E-state index is 12.9. The van der Waals surface area contributed by atoms with Gasteiger partial charge in [0.2, 0.25) is 4.77 Å². The third kappa shape index (κ3) is 2.19. The zero-order chi connectivity index (χ0) is 10.8. The molecule has 1 heterocycles. The van der Waals surface area contributed by atoms with E-state index in [1.165, 1.54) is 18.3 Å². The van der Waals surface area contributed by atoms with Crippen LogP contribution in [0.5, 0.6) is 0 Å². The SMILES string of the molecule is Fc1ccc(-c2cn[nH]c(=S)n2)cc1Cl. The molecule has 0 spiro atoms. The summed E-state index contributed by atoms with van der Waals surface area (Å²) in [6, 6.07) is 4.33. The lowest BCUT2D eigenvalue weighted by Gasteiger charge is -2.00. The quantitative estimate of drug-likeness (QED) is 0.781. The third-order valence-corrected chi connectivity index (χ3v) is 2.26. The van der Waals surface area contributed by atoms with Gasteiger partial charge in [-0.15, -0.1) is 0 Å². The summed E-state index contributed by atoms with van der Waals surface area (Å²) in [5.41, 5.74) is 1.23. The first kappa shape index (κ1) is 10.2. The van der Waals surface area contributed by atoms with Gasteiger partial charge < -0.3 is 0 Å². The van der Waals surface area contributed by atoms with Crippen LogP contribution in [0.15, 0.2) is 24.4 Å². The molecule has 1 N–H and O–H groups in total. The molecule has 0 saturated carbocycles. The molecule has 0 saturated heterocycles. The van der Waals surface area contributed by atoms with Crippen molar-refractivity contribution in [2.45, 2.75) is 0 Å². The van der Waals surface area contributed by atoms with Crippen LogP contribution in [0.1, 0.15) is 0 Å². The summed E-state index contributed by atoms with van der Waals surface area (Å²) in [7, 11) is 0. The topological polar surface area (TPSA) is 41.6 Å². The number of halogens is 2. The van der Waals surface area contributed by atoms with Gasteiger partial charge in [-0.05, 0) is 30.4 Å². The van der Waals surface area contributed by atoms with Gasteiger partial charge in [0.1, 0.15) is 5.82 Å². The molecule has 1 aromatic carbocycles. The smallest absolute Gasteiger partial charge is 0.214 e. The molecule has 0 radical (unpaired) electrons. The fraction of sp³-hybridized carbons (Fsp3) is 0. The summed E-state index contributed by atoms with van der Waals surface area (Å²) in [5, 5.41) is 6.35. The third-order valence-electron chi connectivity index (χ3n) is 1.78. The minimum absolute atomic E-state index is 0.0491. The fourth-order valence-electron chi connectivity index (χ4n) is 1.11. The van der Waals surface area contributed by atoms with Crippen molar-refractivity contribution in [3.63, 3.8) is 0 Å². The van der Waals surface area contributed by atoms with E-state index in [1.54, 1.807) is 6.07 Å². The molecule has 0 aliphatic carbocycles. The molecule has 6 heteroatoms. The number of hydrogen-bond donors (Lipinski definition) is 1. The second-order valence-electron chi connectivity index (χ2n) is 2.80. The van der Waals surface area contributed by atoms with Crippen molar-refractivity contribution < 1.29 is 4.39 Å². The van der Waals surface area contributed by atoms with Crippen molar-refractivity contribution in [3.8, 4) is 11.3 Å². The molecule has 0 bridgehead atoms. The van der Waals surface area contributed by atoms with Gasteiger partial charge >= 0.3 is 0 Å². The highest BCUT2D eigenvalue weighted by Gasteiger charge is 2.04. The van der Waals surface area contributed by atoms with E-state index in [2.05, 4.69) is 15.2 Å².